The van der Waals surface area contributed by atoms with Crippen LogP contribution in [0.15, 0.2) is 0 Å². The first-order chi connectivity index (χ1) is 14.3. The van der Waals surface area contributed by atoms with Crippen molar-refractivity contribution in [3.63, 3.8) is 0 Å². The molecule has 0 aromatic carbocycles. The Morgan fingerprint density at radius 3 is 1.81 bits per heavy atom. The molecular formula is C17H30N6O7S. The number of nitrogens with two attached hydrogens (primary N) is 3. The molecule has 0 fully saturated rings. The van der Waals surface area contributed by atoms with Crippen molar-refractivity contribution in [2.75, 3.05) is 5.75 Å². The monoisotopic (exact) mass is 462 g/mol. The smallest absolute Gasteiger partial charge is 0.326 e. The highest BCUT2D eigenvalue weighted by molar-refractivity contribution is 7.80. The predicted octanol–water partition coefficient (Wildman–Crippen LogP) is -3.42. The van der Waals surface area contributed by atoms with Crippen LogP contribution >= 0.6 is 12.6 Å². The van der Waals surface area contributed by atoms with Gasteiger partial charge in [0, 0.05) is 5.75 Å². The van der Waals surface area contributed by atoms with Crippen LogP contribution in [0.3, 0.4) is 0 Å². The second-order valence-corrected chi connectivity index (χ2v) is 7.33. The molecule has 0 aromatic rings. The molecule has 176 valence electrons. The van der Waals surface area contributed by atoms with Crippen molar-refractivity contribution in [3.8, 4) is 0 Å². The summed E-state index contributed by atoms with van der Waals surface area (Å²) in [6, 6.07) is -5.21. The van der Waals surface area contributed by atoms with E-state index >= 15 is 0 Å². The first-order valence-electron chi connectivity index (χ1n) is 9.40. The molecule has 5 unspecified atom stereocenters. The molecule has 0 saturated carbocycles. The molecule has 0 spiro atoms. The summed E-state index contributed by atoms with van der Waals surface area (Å²) in [6.07, 6.45) is -0.586. The van der Waals surface area contributed by atoms with Crippen LogP contribution in [0.5, 0.6) is 0 Å². The molecule has 0 aliphatic carbocycles. The standard InChI is InChI=1S/C17H30N6O7S/c1-3-7(2)13(23-14(26)8(18)4-11(19)24)16(28)22-10(6-31)15(27)21-9(17(29)30)5-12(20)25/h7-10,13,31H,3-6,18H2,1-2H3,(H2,19,24)(H2,20,25)(H,21,27)(H,22,28)(H,23,26)(H,29,30). The maximum absolute atomic E-state index is 12.7. The molecular weight excluding hydrogens is 432 g/mol. The van der Waals surface area contributed by atoms with Gasteiger partial charge in [-0.2, -0.15) is 12.6 Å². The highest BCUT2D eigenvalue weighted by Gasteiger charge is 2.32. The highest BCUT2D eigenvalue weighted by Crippen LogP contribution is 2.09. The minimum absolute atomic E-state index is 0.206. The van der Waals surface area contributed by atoms with Gasteiger partial charge in [-0.05, 0) is 5.92 Å². The van der Waals surface area contributed by atoms with E-state index in [0.29, 0.717) is 6.42 Å². The molecule has 5 amide bonds. The lowest BCUT2D eigenvalue weighted by Crippen LogP contribution is -2.59. The van der Waals surface area contributed by atoms with Gasteiger partial charge in [-0.3, -0.25) is 24.0 Å². The summed E-state index contributed by atoms with van der Waals surface area (Å²) >= 11 is 3.98. The Kier molecular flexibility index (Phi) is 12.2. The van der Waals surface area contributed by atoms with Gasteiger partial charge in [0.25, 0.3) is 0 Å². The van der Waals surface area contributed by atoms with Crippen LogP contribution in [0.1, 0.15) is 33.1 Å². The number of hydrogen-bond acceptors (Lipinski definition) is 8. The molecule has 5 atom stereocenters. The van der Waals surface area contributed by atoms with Crippen molar-refractivity contribution in [3.05, 3.63) is 0 Å². The molecule has 0 bridgehead atoms. The van der Waals surface area contributed by atoms with Crippen LogP contribution in [0.4, 0.5) is 0 Å². The lowest BCUT2D eigenvalue weighted by Gasteiger charge is -2.27. The van der Waals surface area contributed by atoms with Gasteiger partial charge in [0.15, 0.2) is 0 Å². The SMILES string of the molecule is CCC(C)C(NC(=O)C(N)CC(N)=O)C(=O)NC(CS)C(=O)NC(CC(N)=O)C(=O)O. The Labute approximate surface area is 184 Å². The fraction of sp³-hybridized carbons (Fsp3) is 0.647. The van der Waals surface area contributed by atoms with Crippen LogP contribution in [0.2, 0.25) is 0 Å². The number of aliphatic carboxylic acids is 1. The fourth-order valence-corrected chi connectivity index (χ4v) is 2.66. The van der Waals surface area contributed by atoms with E-state index in [-0.39, 0.29) is 11.7 Å². The zero-order valence-electron chi connectivity index (χ0n) is 17.3. The predicted molar refractivity (Wildman–Crippen MR) is 112 cm³/mol. The number of carbonyl (C=O) groups excluding carboxylic acids is 5. The third-order valence-corrected chi connectivity index (χ3v) is 4.75. The Bertz CT molecular complexity index is 704. The van der Waals surface area contributed by atoms with Gasteiger partial charge in [-0.15, -0.1) is 0 Å². The molecule has 31 heavy (non-hydrogen) atoms. The lowest BCUT2D eigenvalue weighted by atomic mass is 9.97. The number of rotatable bonds is 14. The van der Waals surface area contributed by atoms with Crippen LogP contribution in [-0.2, 0) is 28.8 Å². The maximum Gasteiger partial charge on any atom is 0.326 e. The topological polar surface area (TPSA) is 237 Å². The van der Waals surface area contributed by atoms with Gasteiger partial charge < -0.3 is 38.3 Å². The lowest BCUT2D eigenvalue weighted by molar-refractivity contribution is -0.143. The van der Waals surface area contributed by atoms with Crippen LogP contribution in [0, 0.1) is 5.92 Å². The molecule has 14 heteroatoms. The molecule has 0 aliphatic rings. The van der Waals surface area contributed by atoms with Crippen molar-refractivity contribution in [1.82, 2.24) is 16.0 Å². The maximum atomic E-state index is 12.7. The van der Waals surface area contributed by atoms with E-state index in [4.69, 9.17) is 22.3 Å². The molecule has 0 aliphatic heterocycles. The summed E-state index contributed by atoms with van der Waals surface area (Å²) in [5, 5.41) is 16.0. The number of carboxylic acids is 1. The summed E-state index contributed by atoms with van der Waals surface area (Å²) in [5.41, 5.74) is 15.6. The van der Waals surface area contributed by atoms with E-state index in [0.717, 1.165) is 0 Å². The van der Waals surface area contributed by atoms with Gasteiger partial charge in [0.1, 0.15) is 18.1 Å². The fourth-order valence-electron chi connectivity index (χ4n) is 2.40. The molecule has 0 radical (unpaired) electrons. The first kappa shape index (κ1) is 28.1. The largest absolute Gasteiger partial charge is 0.480 e. The van der Waals surface area contributed by atoms with E-state index in [1.165, 1.54) is 0 Å². The summed E-state index contributed by atoms with van der Waals surface area (Å²) in [7, 11) is 0. The number of carboxylic acid groups (broad SMARTS) is 1. The molecule has 10 N–H and O–H groups in total. The van der Waals surface area contributed by atoms with Gasteiger partial charge in [-0.1, -0.05) is 20.3 Å². The quantitative estimate of drug-likeness (QED) is 0.121. The van der Waals surface area contributed by atoms with Crippen LogP contribution in [-0.4, -0.2) is 70.5 Å². The summed E-state index contributed by atoms with van der Waals surface area (Å²) in [6.45, 7) is 3.44. The third kappa shape index (κ3) is 10.1. The van der Waals surface area contributed by atoms with Crippen LogP contribution in [0.25, 0.3) is 0 Å². The first-order valence-corrected chi connectivity index (χ1v) is 10.0. The summed E-state index contributed by atoms with van der Waals surface area (Å²) in [4.78, 5) is 70.4. The van der Waals surface area contributed by atoms with Gasteiger partial charge in [-0.25, -0.2) is 4.79 Å². The number of hydrogen-bond donors (Lipinski definition) is 8. The Balaban J connectivity index is 5.32. The summed E-state index contributed by atoms with van der Waals surface area (Å²) < 4.78 is 0. The second kappa shape index (κ2) is 13.4. The number of carbonyl (C=O) groups is 6. The van der Waals surface area contributed by atoms with Crippen LogP contribution < -0.4 is 33.2 Å². The minimum atomic E-state index is -1.58. The van der Waals surface area contributed by atoms with E-state index in [9.17, 15) is 28.8 Å². The molecule has 0 saturated heterocycles. The average Bonchev–Trinajstić information content (AvgIpc) is 2.67. The number of thiol groups is 1. The average molecular weight is 463 g/mol. The van der Waals surface area contributed by atoms with Gasteiger partial charge >= 0.3 is 5.97 Å². The minimum Gasteiger partial charge on any atom is -0.480 e. The Hall–Kier alpha value is -2.87. The van der Waals surface area contributed by atoms with Gasteiger partial charge in [0.2, 0.25) is 29.5 Å². The van der Waals surface area contributed by atoms with Crippen molar-refractivity contribution in [2.45, 2.75) is 57.3 Å². The highest BCUT2D eigenvalue weighted by atomic mass is 32.1. The Morgan fingerprint density at radius 1 is 0.871 bits per heavy atom. The zero-order valence-corrected chi connectivity index (χ0v) is 18.2. The second-order valence-electron chi connectivity index (χ2n) is 6.96. The molecule has 13 nitrogen and oxygen atoms in total. The van der Waals surface area contributed by atoms with Crippen molar-refractivity contribution >= 4 is 48.1 Å². The van der Waals surface area contributed by atoms with Gasteiger partial charge in [0.05, 0.1) is 18.9 Å². The van der Waals surface area contributed by atoms with E-state index in [1.54, 1.807) is 13.8 Å². The van der Waals surface area contributed by atoms with E-state index in [1.807, 2.05) is 0 Å². The van der Waals surface area contributed by atoms with Crippen molar-refractivity contribution in [1.29, 1.82) is 0 Å². The molecule has 0 aromatic heterocycles. The van der Waals surface area contributed by atoms with Crippen molar-refractivity contribution in [2.24, 2.45) is 23.1 Å². The number of primary amides is 2. The van der Waals surface area contributed by atoms with Crippen molar-refractivity contribution < 1.29 is 33.9 Å². The Morgan fingerprint density at radius 2 is 1.39 bits per heavy atom. The molecule has 0 heterocycles. The zero-order chi connectivity index (χ0) is 24.3. The van der Waals surface area contributed by atoms with E-state index in [2.05, 4.69) is 28.6 Å². The molecule has 0 rings (SSSR count). The summed E-state index contributed by atoms with van der Waals surface area (Å²) in [5.74, 6) is -6.23. The normalized spacial score (nSPS) is 15.5. The number of nitrogens with one attached hydrogen (secondary N) is 3. The van der Waals surface area contributed by atoms with E-state index < -0.39 is 72.5 Å². The third-order valence-electron chi connectivity index (χ3n) is 4.39. The number of amides is 5.